The van der Waals surface area contributed by atoms with Gasteiger partial charge in [-0.3, -0.25) is 0 Å². The number of hydrogen-bond acceptors (Lipinski definition) is 2. The maximum atomic E-state index is 13.9. The van der Waals surface area contributed by atoms with Crippen LogP contribution in [0, 0.1) is 17.8 Å². The van der Waals surface area contributed by atoms with Crippen molar-refractivity contribution < 1.29 is 18.7 Å². The molecule has 2 saturated carbocycles. The van der Waals surface area contributed by atoms with Gasteiger partial charge in [-0.1, -0.05) is 0 Å². The van der Waals surface area contributed by atoms with Crippen molar-refractivity contribution in [3.63, 3.8) is 0 Å². The third kappa shape index (κ3) is 2.67. The van der Waals surface area contributed by atoms with Gasteiger partial charge in [0.1, 0.15) is 12.5 Å². The van der Waals surface area contributed by atoms with Crippen LogP contribution in [-0.4, -0.2) is 29.8 Å². The molecule has 17 heavy (non-hydrogen) atoms. The van der Waals surface area contributed by atoms with Crippen molar-refractivity contribution in [3.05, 3.63) is 0 Å². The smallest absolute Gasteiger partial charge is 0.157 e. The lowest BCUT2D eigenvalue weighted by Crippen LogP contribution is -2.44. The lowest BCUT2D eigenvalue weighted by atomic mass is 9.69. The number of rotatable bonds is 2. The number of aliphatic hydroxyl groups is 1. The molecule has 0 aromatic rings. The van der Waals surface area contributed by atoms with Gasteiger partial charge in [-0.15, -0.1) is 0 Å². The Hall–Kier alpha value is -0.510. The van der Waals surface area contributed by atoms with Gasteiger partial charge in [0.05, 0.1) is 6.10 Å². The molecule has 0 aromatic heterocycles. The molecule has 4 atom stereocenters. The highest BCUT2D eigenvalue weighted by molar-refractivity contribution is 5.53. The highest BCUT2D eigenvalue weighted by Gasteiger charge is 2.43. The zero-order valence-corrected chi connectivity index (χ0v) is 9.90. The normalized spacial score (nSPS) is 47.7. The quantitative estimate of drug-likeness (QED) is 0.760. The molecule has 0 saturated heterocycles. The predicted octanol–water partition coefficient (Wildman–Crippen LogP) is 2.44. The maximum absolute atomic E-state index is 13.9. The summed E-state index contributed by atoms with van der Waals surface area (Å²) in [6, 6.07) is 0. The van der Waals surface area contributed by atoms with Gasteiger partial charge in [-0.05, 0) is 50.4 Å². The van der Waals surface area contributed by atoms with Crippen LogP contribution in [0.5, 0.6) is 0 Å². The van der Waals surface area contributed by atoms with Gasteiger partial charge in [0.25, 0.3) is 0 Å². The fourth-order valence-corrected chi connectivity index (χ4v) is 3.33. The van der Waals surface area contributed by atoms with Crippen LogP contribution in [0.1, 0.15) is 38.5 Å². The first-order valence-electron chi connectivity index (χ1n) is 6.55. The molecular formula is C13H20F2O2. The Bertz CT molecular complexity index is 264. The summed E-state index contributed by atoms with van der Waals surface area (Å²) in [7, 11) is 0. The van der Waals surface area contributed by atoms with Gasteiger partial charge in [0, 0.05) is 5.92 Å². The number of hydrogen-bond donors (Lipinski definition) is 1. The van der Waals surface area contributed by atoms with E-state index in [1.807, 2.05) is 0 Å². The van der Waals surface area contributed by atoms with Crippen LogP contribution in [0.2, 0.25) is 0 Å². The van der Waals surface area contributed by atoms with E-state index in [2.05, 4.69) is 0 Å². The number of halogens is 2. The minimum atomic E-state index is -1.72. The largest absolute Gasteiger partial charge is 0.390 e. The molecule has 2 rings (SSSR count). The first kappa shape index (κ1) is 12.9. The summed E-state index contributed by atoms with van der Waals surface area (Å²) in [4.78, 5) is 10.6. The average Bonchev–Trinajstić information content (AvgIpc) is 2.36. The van der Waals surface area contributed by atoms with Crippen LogP contribution in [0.4, 0.5) is 8.78 Å². The molecule has 4 unspecified atom stereocenters. The van der Waals surface area contributed by atoms with Crippen molar-refractivity contribution in [2.75, 3.05) is 0 Å². The summed E-state index contributed by atoms with van der Waals surface area (Å²) < 4.78 is 27.3. The summed E-state index contributed by atoms with van der Waals surface area (Å²) in [6.45, 7) is 0. The van der Waals surface area contributed by atoms with Crippen LogP contribution in [-0.2, 0) is 4.79 Å². The van der Waals surface area contributed by atoms with Gasteiger partial charge in [0.2, 0.25) is 0 Å². The van der Waals surface area contributed by atoms with Crippen LogP contribution < -0.4 is 0 Å². The Balaban J connectivity index is 1.92. The Labute approximate surface area is 100 Å². The van der Waals surface area contributed by atoms with Gasteiger partial charge in [0.15, 0.2) is 6.17 Å². The van der Waals surface area contributed by atoms with Crippen molar-refractivity contribution in [1.29, 1.82) is 0 Å². The number of carbonyl (C=O) groups excluding carboxylic acids is 1. The number of carbonyl (C=O) groups is 1. The van der Waals surface area contributed by atoms with Crippen LogP contribution >= 0.6 is 0 Å². The molecule has 0 bridgehead atoms. The average molecular weight is 246 g/mol. The first-order chi connectivity index (χ1) is 8.13. The third-order valence-electron chi connectivity index (χ3n) is 4.49. The van der Waals surface area contributed by atoms with Crippen molar-refractivity contribution in [2.45, 2.75) is 57.0 Å². The molecular weight excluding hydrogens is 226 g/mol. The van der Waals surface area contributed by atoms with E-state index in [4.69, 9.17) is 0 Å². The van der Waals surface area contributed by atoms with Gasteiger partial charge in [-0.25, -0.2) is 8.78 Å². The number of alkyl halides is 2. The van der Waals surface area contributed by atoms with E-state index >= 15 is 0 Å². The molecule has 0 aromatic carbocycles. The molecule has 2 aliphatic rings. The Kier molecular flexibility index (Phi) is 4.13. The van der Waals surface area contributed by atoms with E-state index in [0.29, 0.717) is 12.8 Å². The fourth-order valence-electron chi connectivity index (χ4n) is 3.33. The SMILES string of the molecule is O=CC1CCC(C2CCC(O)C(F)C2F)CC1. The van der Waals surface area contributed by atoms with E-state index in [9.17, 15) is 18.7 Å². The van der Waals surface area contributed by atoms with Crippen LogP contribution in [0.3, 0.4) is 0 Å². The second-order valence-corrected chi connectivity index (χ2v) is 5.51. The Morgan fingerprint density at radius 3 is 2.18 bits per heavy atom. The standard InChI is InChI=1S/C13H20F2O2/c14-12-10(5-6-11(17)13(12)15)9-3-1-8(7-16)2-4-9/h7-13,17H,1-6H2. The molecule has 4 heteroatoms. The lowest BCUT2D eigenvalue weighted by molar-refractivity contribution is -0.112. The van der Waals surface area contributed by atoms with E-state index in [1.54, 1.807) is 0 Å². The van der Waals surface area contributed by atoms with Crippen LogP contribution in [0.25, 0.3) is 0 Å². The topological polar surface area (TPSA) is 37.3 Å². The van der Waals surface area contributed by atoms with Gasteiger partial charge >= 0.3 is 0 Å². The maximum Gasteiger partial charge on any atom is 0.157 e. The van der Waals surface area contributed by atoms with E-state index in [1.165, 1.54) is 0 Å². The first-order valence-corrected chi connectivity index (χ1v) is 6.55. The van der Waals surface area contributed by atoms with Crippen molar-refractivity contribution in [2.24, 2.45) is 17.8 Å². The Morgan fingerprint density at radius 2 is 1.59 bits per heavy atom. The van der Waals surface area contributed by atoms with E-state index < -0.39 is 18.4 Å². The van der Waals surface area contributed by atoms with Gasteiger partial charge < -0.3 is 9.90 Å². The minimum absolute atomic E-state index is 0.111. The van der Waals surface area contributed by atoms with Crippen LogP contribution in [0.15, 0.2) is 0 Å². The van der Waals surface area contributed by atoms with E-state index in [0.717, 1.165) is 32.0 Å². The zero-order valence-electron chi connectivity index (χ0n) is 9.90. The van der Waals surface area contributed by atoms with Gasteiger partial charge in [-0.2, -0.15) is 0 Å². The second-order valence-electron chi connectivity index (χ2n) is 5.51. The number of aliphatic hydroxyl groups excluding tert-OH is 1. The summed E-state index contributed by atoms with van der Waals surface area (Å²) in [5, 5.41) is 9.28. The molecule has 0 heterocycles. The van der Waals surface area contributed by atoms with E-state index in [-0.39, 0.29) is 17.8 Å². The highest BCUT2D eigenvalue weighted by Crippen LogP contribution is 2.41. The van der Waals surface area contributed by atoms with Crippen molar-refractivity contribution in [1.82, 2.24) is 0 Å². The summed E-state index contributed by atoms with van der Waals surface area (Å²) in [5.74, 6) is 0.0348. The summed E-state index contributed by atoms with van der Waals surface area (Å²) in [6.07, 6.45) is 0.759. The molecule has 1 N–H and O–H groups in total. The molecule has 0 radical (unpaired) electrons. The van der Waals surface area contributed by atoms with Crippen molar-refractivity contribution >= 4 is 6.29 Å². The molecule has 0 aliphatic heterocycles. The third-order valence-corrected chi connectivity index (χ3v) is 4.49. The fraction of sp³-hybridized carbons (Fsp3) is 0.923. The monoisotopic (exact) mass is 246 g/mol. The summed E-state index contributed by atoms with van der Waals surface area (Å²) in [5.41, 5.74) is 0. The molecule has 2 aliphatic carbocycles. The molecule has 2 fully saturated rings. The van der Waals surface area contributed by atoms with Crippen molar-refractivity contribution in [3.8, 4) is 0 Å². The molecule has 2 nitrogen and oxygen atoms in total. The number of aldehydes is 1. The molecule has 98 valence electrons. The summed E-state index contributed by atoms with van der Waals surface area (Å²) >= 11 is 0. The Morgan fingerprint density at radius 1 is 0.941 bits per heavy atom. The lowest BCUT2D eigenvalue weighted by Gasteiger charge is -2.39. The molecule has 0 spiro atoms. The highest BCUT2D eigenvalue weighted by atomic mass is 19.2. The minimum Gasteiger partial charge on any atom is -0.390 e. The molecule has 0 amide bonds. The zero-order chi connectivity index (χ0) is 12.4. The predicted molar refractivity (Wildman–Crippen MR) is 60.0 cm³/mol. The second kappa shape index (κ2) is 5.42.